The van der Waals surface area contributed by atoms with Gasteiger partial charge in [-0.2, -0.15) is 0 Å². The Morgan fingerprint density at radius 1 is 1.33 bits per heavy atom. The van der Waals surface area contributed by atoms with Gasteiger partial charge in [-0.05, 0) is 45.7 Å². The third-order valence-corrected chi connectivity index (χ3v) is 5.94. The van der Waals surface area contributed by atoms with Crippen molar-refractivity contribution in [2.75, 3.05) is 25.5 Å². The number of nitro benzene ring substituents is 1. The van der Waals surface area contributed by atoms with Gasteiger partial charge in [-0.1, -0.05) is 0 Å². The van der Waals surface area contributed by atoms with E-state index in [4.69, 9.17) is 0 Å². The molecule has 0 saturated carbocycles. The Morgan fingerprint density at radius 2 is 1.96 bits per heavy atom. The molecule has 1 heterocycles. The van der Waals surface area contributed by atoms with Crippen LogP contribution < -0.4 is 9.62 Å². The number of hydrogen-bond acceptors (Lipinski definition) is 6. The molecule has 0 unspecified atom stereocenters. The van der Waals surface area contributed by atoms with Crippen molar-refractivity contribution >= 4 is 27.3 Å². The largest absolute Gasteiger partial charge is 0.354 e. The molecule has 1 atom stereocenters. The number of sulfonamides is 1. The number of hydrogen-bond donors (Lipinski definition) is 1. The van der Waals surface area contributed by atoms with Gasteiger partial charge in [0.2, 0.25) is 15.9 Å². The first kappa shape index (κ1) is 21.1. The average molecular weight is 398 g/mol. The molecule has 1 saturated heterocycles. The number of nitrogens with zero attached hydrogens (tertiary/aromatic N) is 3. The quantitative estimate of drug-likeness (QED) is 0.597. The minimum Gasteiger partial charge on any atom is -0.354 e. The first-order valence-corrected chi connectivity index (χ1v) is 10.1. The second-order valence-corrected chi connectivity index (χ2v) is 9.53. The van der Waals surface area contributed by atoms with Crippen molar-refractivity contribution in [2.45, 2.75) is 50.1 Å². The number of nitrogens with one attached hydrogen (secondary N) is 1. The first-order chi connectivity index (χ1) is 12.3. The number of carbonyl (C=O) groups excluding carboxylic acids is 1. The number of nitro groups is 1. The van der Waals surface area contributed by atoms with Crippen LogP contribution in [0.4, 0.5) is 11.4 Å². The molecule has 0 bridgehead atoms. The maximum absolute atomic E-state index is 12.5. The molecule has 0 radical (unpaired) electrons. The van der Waals surface area contributed by atoms with E-state index >= 15 is 0 Å². The highest BCUT2D eigenvalue weighted by Gasteiger charge is 2.36. The van der Waals surface area contributed by atoms with Crippen LogP contribution in [0, 0.1) is 10.1 Å². The van der Waals surface area contributed by atoms with Crippen molar-refractivity contribution in [1.29, 1.82) is 0 Å². The summed E-state index contributed by atoms with van der Waals surface area (Å²) in [4.78, 5) is 26.4. The molecule has 150 valence electrons. The summed E-state index contributed by atoms with van der Waals surface area (Å²) in [6, 6.07) is 3.32. The normalized spacial score (nSPS) is 17.8. The van der Waals surface area contributed by atoms with Crippen molar-refractivity contribution < 1.29 is 18.1 Å². The van der Waals surface area contributed by atoms with Crippen LogP contribution in [0.15, 0.2) is 23.1 Å². The van der Waals surface area contributed by atoms with E-state index in [1.165, 1.54) is 17.0 Å². The summed E-state index contributed by atoms with van der Waals surface area (Å²) < 4.78 is 27.5. The molecule has 0 spiro atoms. The van der Waals surface area contributed by atoms with Crippen molar-refractivity contribution in [2.24, 2.45) is 0 Å². The molecule has 2 rings (SSSR count). The zero-order chi connectivity index (χ0) is 20.6. The molecule has 0 aromatic heterocycles. The molecule has 27 heavy (non-hydrogen) atoms. The van der Waals surface area contributed by atoms with Gasteiger partial charge in [-0.25, -0.2) is 13.1 Å². The number of benzene rings is 1. The highest BCUT2D eigenvalue weighted by Crippen LogP contribution is 2.35. The van der Waals surface area contributed by atoms with E-state index in [1.54, 1.807) is 39.8 Å². The second kappa shape index (κ2) is 7.43. The predicted molar refractivity (Wildman–Crippen MR) is 102 cm³/mol. The number of rotatable bonds is 5. The lowest BCUT2D eigenvalue weighted by molar-refractivity contribution is -0.384. The fourth-order valence-corrected chi connectivity index (χ4v) is 4.57. The SMILES string of the molecule is CN(C)C(=O)[C@@H]1CCCN1c1ccc(S(=O)(=O)NC(C)(C)C)cc1[N+](=O)[O-]. The summed E-state index contributed by atoms with van der Waals surface area (Å²) >= 11 is 0. The van der Waals surface area contributed by atoms with Crippen LogP contribution in [0.25, 0.3) is 0 Å². The van der Waals surface area contributed by atoms with Gasteiger partial charge in [0, 0.05) is 32.2 Å². The number of amides is 1. The van der Waals surface area contributed by atoms with Gasteiger partial charge in [0.05, 0.1) is 9.82 Å². The molecule has 1 aliphatic rings. The maximum Gasteiger partial charge on any atom is 0.293 e. The van der Waals surface area contributed by atoms with Gasteiger partial charge in [-0.3, -0.25) is 14.9 Å². The highest BCUT2D eigenvalue weighted by molar-refractivity contribution is 7.89. The van der Waals surface area contributed by atoms with Crippen LogP contribution in [-0.4, -0.2) is 56.4 Å². The first-order valence-electron chi connectivity index (χ1n) is 8.64. The second-order valence-electron chi connectivity index (χ2n) is 7.85. The molecule has 1 aromatic rings. The zero-order valence-electron chi connectivity index (χ0n) is 16.2. The molecule has 1 fully saturated rings. The summed E-state index contributed by atoms with van der Waals surface area (Å²) in [5, 5.41) is 11.6. The van der Waals surface area contributed by atoms with Crippen molar-refractivity contribution in [3.63, 3.8) is 0 Å². The zero-order valence-corrected chi connectivity index (χ0v) is 17.0. The third-order valence-electron chi connectivity index (χ3n) is 4.18. The van der Waals surface area contributed by atoms with Gasteiger partial charge in [0.15, 0.2) is 0 Å². The highest BCUT2D eigenvalue weighted by atomic mass is 32.2. The van der Waals surface area contributed by atoms with E-state index in [2.05, 4.69) is 4.72 Å². The lowest BCUT2D eigenvalue weighted by Crippen LogP contribution is -2.43. The van der Waals surface area contributed by atoms with Crippen LogP contribution in [-0.2, 0) is 14.8 Å². The van der Waals surface area contributed by atoms with E-state index < -0.39 is 26.5 Å². The summed E-state index contributed by atoms with van der Waals surface area (Å²) in [7, 11) is -0.626. The lowest BCUT2D eigenvalue weighted by atomic mass is 10.1. The molecular weight excluding hydrogens is 372 g/mol. The molecule has 1 aromatic carbocycles. The number of carbonyl (C=O) groups is 1. The summed E-state index contributed by atoms with van der Waals surface area (Å²) in [6.07, 6.45) is 1.33. The van der Waals surface area contributed by atoms with Crippen molar-refractivity contribution in [3.8, 4) is 0 Å². The van der Waals surface area contributed by atoms with Crippen LogP contribution in [0.5, 0.6) is 0 Å². The molecule has 1 amide bonds. The fraction of sp³-hybridized carbons (Fsp3) is 0.588. The Hall–Kier alpha value is -2.20. The molecule has 1 aliphatic heterocycles. The van der Waals surface area contributed by atoms with Gasteiger partial charge in [-0.15, -0.1) is 0 Å². The molecule has 1 N–H and O–H groups in total. The van der Waals surface area contributed by atoms with Gasteiger partial charge in [0.1, 0.15) is 11.7 Å². The summed E-state index contributed by atoms with van der Waals surface area (Å²) in [6.45, 7) is 5.57. The Labute approximate surface area is 159 Å². The van der Waals surface area contributed by atoms with Gasteiger partial charge < -0.3 is 9.80 Å². The molecule has 9 nitrogen and oxygen atoms in total. The monoisotopic (exact) mass is 398 g/mol. The minimum atomic E-state index is -3.91. The Bertz CT molecular complexity index is 845. The van der Waals surface area contributed by atoms with E-state index in [9.17, 15) is 23.3 Å². The van der Waals surface area contributed by atoms with Crippen LogP contribution in [0.2, 0.25) is 0 Å². The van der Waals surface area contributed by atoms with E-state index in [-0.39, 0.29) is 22.2 Å². The standard InChI is InChI=1S/C17H26N4O5S/c1-17(2,3)18-27(25,26)12-8-9-13(15(11-12)21(23)24)20-10-6-7-14(20)16(22)19(4)5/h8-9,11,14,18H,6-7,10H2,1-5H3/t14-/m0/s1. The fourth-order valence-electron chi connectivity index (χ4n) is 3.13. The van der Waals surface area contributed by atoms with Crippen LogP contribution in [0.1, 0.15) is 33.6 Å². The smallest absolute Gasteiger partial charge is 0.293 e. The molecule has 0 aliphatic carbocycles. The minimum absolute atomic E-state index is 0.132. The number of anilines is 1. The van der Waals surface area contributed by atoms with E-state index in [1.807, 2.05) is 0 Å². The Morgan fingerprint density at radius 3 is 2.48 bits per heavy atom. The van der Waals surface area contributed by atoms with E-state index in [0.717, 1.165) is 12.5 Å². The number of likely N-dealkylation sites (N-methyl/N-ethyl adjacent to an activating group) is 1. The predicted octanol–water partition coefficient (Wildman–Crippen LogP) is 1.73. The average Bonchev–Trinajstić information content (AvgIpc) is 3.00. The van der Waals surface area contributed by atoms with Crippen LogP contribution >= 0.6 is 0 Å². The van der Waals surface area contributed by atoms with Crippen molar-refractivity contribution in [1.82, 2.24) is 9.62 Å². The van der Waals surface area contributed by atoms with Gasteiger partial charge >= 0.3 is 0 Å². The maximum atomic E-state index is 12.5. The third kappa shape index (κ3) is 4.75. The molecular formula is C17H26N4O5S. The summed E-state index contributed by atoms with van der Waals surface area (Å²) in [5.41, 5.74) is -0.789. The Kier molecular flexibility index (Phi) is 5.81. The Balaban J connectivity index is 2.48. The topological polar surface area (TPSA) is 113 Å². The summed E-state index contributed by atoms with van der Waals surface area (Å²) in [5.74, 6) is -0.132. The van der Waals surface area contributed by atoms with Gasteiger partial charge in [0.25, 0.3) is 5.69 Å². The lowest BCUT2D eigenvalue weighted by Gasteiger charge is -2.28. The van der Waals surface area contributed by atoms with Crippen molar-refractivity contribution in [3.05, 3.63) is 28.3 Å². The van der Waals surface area contributed by atoms with Crippen LogP contribution in [0.3, 0.4) is 0 Å². The molecule has 10 heteroatoms. The van der Waals surface area contributed by atoms with E-state index in [0.29, 0.717) is 13.0 Å².